The molecule has 0 unspecified atom stereocenters. The van der Waals surface area contributed by atoms with E-state index in [0.29, 0.717) is 11.6 Å². The Bertz CT molecular complexity index is 509. The molecule has 18 heavy (non-hydrogen) atoms. The fourth-order valence-corrected chi connectivity index (χ4v) is 2.36. The number of hydrogen-bond acceptors (Lipinski definition) is 3. The SMILES string of the molecule is COc1cccc(N(C)S(C)(=O)=O)c1CC(C)C. The minimum absolute atomic E-state index is 0.424. The van der Waals surface area contributed by atoms with Crippen molar-refractivity contribution in [1.82, 2.24) is 0 Å². The van der Waals surface area contributed by atoms with Gasteiger partial charge in [-0.1, -0.05) is 19.9 Å². The Balaban J connectivity index is 3.34. The van der Waals surface area contributed by atoms with Crippen LogP contribution in [0, 0.1) is 5.92 Å². The van der Waals surface area contributed by atoms with Gasteiger partial charge in [0.1, 0.15) is 5.75 Å². The third-order valence-electron chi connectivity index (χ3n) is 2.78. The van der Waals surface area contributed by atoms with Crippen LogP contribution in [0.1, 0.15) is 19.4 Å². The highest BCUT2D eigenvalue weighted by molar-refractivity contribution is 7.92. The van der Waals surface area contributed by atoms with Gasteiger partial charge in [-0.05, 0) is 24.5 Å². The van der Waals surface area contributed by atoms with Crippen molar-refractivity contribution >= 4 is 15.7 Å². The largest absolute Gasteiger partial charge is 0.496 e. The quantitative estimate of drug-likeness (QED) is 0.825. The van der Waals surface area contributed by atoms with Gasteiger partial charge >= 0.3 is 0 Å². The Kier molecular flexibility index (Phi) is 4.62. The lowest BCUT2D eigenvalue weighted by Crippen LogP contribution is -2.26. The van der Waals surface area contributed by atoms with E-state index in [9.17, 15) is 8.42 Å². The van der Waals surface area contributed by atoms with Gasteiger partial charge in [-0.3, -0.25) is 4.31 Å². The second kappa shape index (κ2) is 5.61. The van der Waals surface area contributed by atoms with Crippen LogP contribution in [0.3, 0.4) is 0 Å². The molecule has 0 aliphatic carbocycles. The highest BCUT2D eigenvalue weighted by Crippen LogP contribution is 2.32. The third kappa shape index (κ3) is 3.38. The molecule has 0 aliphatic heterocycles. The summed E-state index contributed by atoms with van der Waals surface area (Å²) in [5.41, 5.74) is 1.62. The fourth-order valence-electron chi connectivity index (χ4n) is 1.83. The summed E-state index contributed by atoms with van der Waals surface area (Å²) in [7, 11) is -0.0974. The van der Waals surface area contributed by atoms with Crippen LogP contribution in [0.4, 0.5) is 5.69 Å². The van der Waals surface area contributed by atoms with Crippen LogP contribution >= 0.6 is 0 Å². The first kappa shape index (κ1) is 14.8. The second-order valence-corrected chi connectivity index (χ2v) is 6.80. The van der Waals surface area contributed by atoms with E-state index in [1.54, 1.807) is 26.3 Å². The zero-order valence-electron chi connectivity index (χ0n) is 11.6. The van der Waals surface area contributed by atoms with E-state index in [4.69, 9.17) is 4.74 Å². The molecule has 5 heteroatoms. The summed E-state index contributed by atoms with van der Waals surface area (Å²) < 4.78 is 29.9. The van der Waals surface area contributed by atoms with Crippen molar-refractivity contribution in [3.05, 3.63) is 23.8 Å². The first-order valence-corrected chi connectivity index (χ1v) is 7.72. The first-order valence-electron chi connectivity index (χ1n) is 5.87. The molecule has 1 aromatic rings. The number of sulfonamides is 1. The zero-order chi connectivity index (χ0) is 13.9. The van der Waals surface area contributed by atoms with Crippen molar-refractivity contribution in [2.45, 2.75) is 20.3 Å². The molecule has 102 valence electrons. The number of methoxy groups -OCH3 is 1. The average Bonchev–Trinajstić information content (AvgIpc) is 2.26. The van der Waals surface area contributed by atoms with Crippen LogP contribution in [-0.2, 0) is 16.4 Å². The van der Waals surface area contributed by atoms with Crippen molar-refractivity contribution in [2.75, 3.05) is 24.7 Å². The summed E-state index contributed by atoms with van der Waals surface area (Å²) in [5.74, 6) is 1.16. The Morgan fingerprint density at radius 1 is 1.33 bits per heavy atom. The van der Waals surface area contributed by atoms with E-state index in [1.807, 2.05) is 6.07 Å². The second-order valence-electron chi connectivity index (χ2n) is 4.79. The van der Waals surface area contributed by atoms with Gasteiger partial charge in [-0.15, -0.1) is 0 Å². The first-order chi connectivity index (χ1) is 8.27. The molecule has 0 aliphatic rings. The fraction of sp³-hybridized carbons (Fsp3) is 0.538. The van der Waals surface area contributed by atoms with Crippen LogP contribution in [0.2, 0.25) is 0 Å². The Hall–Kier alpha value is -1.23. The lowest BCUT2D eigenvalue weighted by molar-refractivity contribution is 0.407. The Morgan fingerprint density at radius 2 is 1.94 bits per heavy atom. The lowest BCUT2D eigenvalue weighted by Gasteiger charge is -2.22. The highest BCUT2D eigenvalue weighted by Gasteiger charge is 2.19. The van der Waals surface area contributed by atoms with Crippen molar-refractivity contribution in [3.63, 3.8) is 0 Å². The van der Waals surface area contributed by atoms with Gasteiger partial charge in [-0.25, -0.2) is 8.42 Å². The van der Waals surface area contributed by atoms with Gasteiger partial charge in [-0.2, -0.15) is 0 Å². The monoisotopic (exact) mass is 271 g/mol. The van der Waals surface area contributed by atoms with Gasteiger partial charge < -0.3 is 4.74 Å². The van der Waals surface area contributed by atoms with Crippen LogP contribution in [0.5, 0.6) is 5.75 Å². The van der Waals surface area contributed by atoms with Crippen LogP contribution in [-0.4, -0.2) is 28.8 Å². The Labute approximate surface area is 110 Å². The lowest BCUT2D eigenvalue weighted by atomic mass is 10.0. The molecule has 0 amide bonds. The van der Waals surface area contributed by atoms with E-state index in [-0.39, 0.29) is 0 Å². The number of rotatable bonds is 5. The predicted octanol–water partition coefficient (Wildman–Crippen LogP) is 2.29. The topological polar surface area (TPSA) is 46.6 Å². The minimum atomic E-state index is -3.26. The van der Waals surface area contributed by atoms with Gasteiger partial charge in [0, 0.05) is 12.6 Å². The number of anilines is 1. The van der Waals surface area contributed by atoms with Crippen molar-refractivity contribution in [3.8, 4) is 5.75 Å². The number of benzene rings is 1. The average molecular weight is 271 g/mol. The summed E-state index contributed by atoms with van der Waals surface area (Å²) in [6, 6.07) is 5.47. The third-order valence-corrected chi connectivity index (χ3v) is 3.97. The summed E-state index contributed by atoms with van der Waals surface area (Å²) in [5, 5.41) is 0. The normalized spacial score (nSPS) is 11.7. The predicted molar refractivity (Wildman–Crippen MR) is 74.8 cm³/mol. The maximum absolute atomic E-state index is 11.7. The number of hydrogen-bond donors (Lipinski definition) is 0. The molecule has 0 atom stereocenters. The van der Waals surface area contributed by atoms with Gasteiger partial charge in [0.25, 0.3) is 0 Å². The van der Waals surface area contributed by atoms with E-state index >= 15 is 0 Å². The molecule has 0 saturated heterocycles. The van der Waals surface area contributed by atoms with Crippen molar-refractivity contribution in [2.24, 2.45) is 5.92 Å². The zero-order valence-corrected chi connectivity index (χ0v) is 12.4. The smallest absolute Gasteiger partial charge is 0.232 e. The van der Waals surface area contributed by atoms with E-state index in [2.05, 4.69) is 13.8 Å². The Morgan fingerprint density at radius 3 is 2.39 bits per heavy atom. The molecular weight excluding hydrogens is 250 g/mol. The highest BCUT2D eigenvalue weighted by atomic mass is 32.2. The molecule has 0 saturated carbocycles. The summed E-state index contributed by atoms with van der Waals surface area (Å²) in [6.45, 7) is 4.19. The molecule has 0 radical (unpaired) electrons. The molecule has 0 bridgehead atoms. The van der Waals surface area contributed by atoms with E-state index in [0.717, 1.165) is 17.7 Å². The van der Waals surface area contributed by atoms with Crippen molar-refractivity contribution in [1.29, 1.82) is 0 Å². The molecule has 0 aromatic heterocycles. The standard InChI is InChI=1S/C13H21NO3S/c1-10(2)9-11-12(14(3)18(5,15)16)7-6-8-13(11)17-4/h6-8,10H,9H2,1-5H3. The molecule has 4 nitrogen and oxygen atoms in total. The van der Waals surface area contributed by atoms with Crippen LogP contribution < -0.4 is 9.04 Å². The molecular formula is C13H21NO3S. The summed E-state index contributed by atoms with van der Waals surface area (Å²) in [4.78, 5) is 0. The van der Waals surface area contributed by atoms with E-state index in [1.165, 1.54) is 10.6 Å². The maximum atomic E-state index is 11.7. The summed E-state index contributed by atoms with van der Waals surface area (Å²) >= 11 is 0. The van der Waals surface area contributed by atoms with Crippen LogP contribution in [0.25, 0.3) is 0 Å². The van der Waals surface area contributed by atoms with Crippen molar-refractivity contribution < 1.29 is 13.2 Å². The minimum Gasteiger partial charge on any atom is -0.496 e. The van der Waals surface area contributed by atoms with E-state index < -0.39 is 10.0 Å². The molecule has 1 rings (SSSR count). The number of nitrogens with zero attached hydrogens (tertiary/aromatic N) is 1. The molecule has 0 N–H and O–H groups in total. The molecule has 0 fully saturated rings. The molecule has 1 aromatic carbocycles. The molecule has 0 spiro atoms. The van der Waals surface area contributed by atoms with Crippen LogP contribution in [0.15, 0.2) is 18.2 Å². The molecule has 0 heterocycles. The number of ether oxygens (including phenoxy) is 1. The van der Waals surface area contributed by atoms with Gasteiger partial charge in [0.15, 0.2) is 0 Å². The maximum Gasteiger partial charge on any atom is 0.232 e. The van der Waals surface area contributed by atoms with Gasteiger partial charge in [0.05, 0.1) is 19.1 Å². The van der Waals surface area contributed by atoms with Gasteiger partial charge in [0.2, 0.25) is 10.0 Å². The summed E-state index contributed by atoms with van der Waals surface area (Å²) in [6.07, 6.45) is 1.98.